The Labute approximate surface area is 78.5 Å². The zero-order valence-electron chi connectivity index (χ0n) is 7.99. The summed E-state index contributed by atoms with van der Waals surface area (Å²) in [6.07, 6.45) is 0.890. The first-order valence-corrected chi connectivity index (χ1v) is 4.45. The average Bonchev–Trinajstić information content (AvgIpc) is 2.02. The van der Waals surface area contributed by atoms with Gasteiger partial charge in [-0.25, -0.2) is 0 Å². The van der Waals surface area contributed by atoms with Crippen LogP contribution in [-0.2, 0) is 4.79 Å². The molecule has 0 aromatic rings. The highest BCUT2D eigenvalue weighted by Crippen LogP contribution is 1.95. The van der Waals surface area contributed by atoms with Gasteiger partial charge >= 0.3 is 0 Å². The molecule has 0 aliphatic heterocycles. The molecule has 5 heteroatoms. The van der Waals surface area contributed by atoms with E-state index in [-0.39, 0.29) is 31.0 Å². The van der Waals surface area contributed by atoms with E-state index in [1.807, 2.05) is 6.92 Å². The smallest absolute Gasteiger partial charge is 0.219 e. The summed E-state index contributed by atoms with van der Waals surface area (Å²) >= 11 is 0. The van der Waals surface area contributed by atoms with Crippen LogP contribution < -0.4 is 16.8 Å². The van der Waals surface area contributed by atoms with Gasteiger partial charge < -0.3 is 21.9 Å². The van der Waals surface area contributed by atoms with Gasteiger partial charge in [0.1, 0.15) is 0 Å². The van der Waals surface area contributed by atoms with Crippen LogP contribution in [0.4, 0.5) is 0 Å². The third-order valence-corrected chi connectivity index (χ3v) is 1.81. The van der Waals surface area contributed by atoms with Crippen molar-refractivity contribution in [2.75, 3.05) is 13.2 Å². The van der Waals surface area contributed by atoms with Crippen molar-refractivity contribution in [2.45, 2.75) is 31.8 Å². The quantitative estimate of drug-likeness (QED) is 0.393. The highest BCUT2D eigenvalue weighted by molar-refractivity contribution is 5.74. The normalized spacial score (nSPS) is 15.3. The number of amides is 1. The molecule has 2 atom stereocenters. The summed E-state index contributed by atoms with van der Waals surface area (Å²) in [5.41, 5.74) is 10.5. The van der Waals surface area contributed by atoms with Crippen LogP contribution in [0.25, 0.3) is 0 Å². The molecule has 0 fully saturated rings. The molecule has 0 spiro atoms. The summed E-state index contributed by atoms with van der Waals surface area (Å²) < 4.78 is 0. The molecule has 0 bridgehead atoms. The Bertz CT molecular complexity index is 152. The van der Waals surface area contributed by atoms with Gasteiger partial charge in [-0.05, 0) is 13.3 Å². The first kappa shape index (κ1) is 12.3. The van der Waals surface area contributed by atoms with Gasteiger partial charge in [0.2, 0.25) is 5.91 Å². The van der Waals surface area contributed by atoms with E-state index < -0.39 is 0 Å². The fourth-order valence-corrected chi connectivity index (χ4v) is 1.13. The van der Waals surface area contributed by atoms with Crippen LogP contribution in [0.5, 0.6) is 0 Å². The predicted molar refractivity (Wildman–Crippen MR) is 51.0 cm³/mol. The largest absolute Gasteiger partial charge is 0.396 e. The van der Waals surface area contributed by atoms with Gasteiger partial charge in [-0.3, -0.25) is 4.79 Å². The molecule has 1 amide bonds. The standard InChI is InChI=1S/C8H19N3O2/c1-6(2-3-12)11-7(5-9)4-8(10)13/h6-7,11-12H,2-5,9H2,1H3,(H2,10,13). The molecule has 0 radical (unpaired) electrons. The molecule has 0 aromatic heterocycles. The van der Waals surface area contributed by atoms with Gasteiger partial charge in [-0.1, -0.05) is 0 Å². The second-order valence-electron chi connectivity index (χ2n) is 3.18. The molecule has 78 valence electrons. The van der Waals surface area contributed by atoms with Crippen molar-refractivity contribution in [3.05, 3.63) is 0 Å². The third-order valence-electron chi connectivity index (χ3n) is 1.81. The minimum absolute atomic E-state index is 0.0842. The number of aliphatic hydroxyl groups is 1. The van der Waals surface area contributed by atoms with E-state index in [1.54, 1.807) is 0 Å². The zero-order valence-corrected chi connectivity index (χ0v) is 7.99. The lowest BCUT2D eigenvalue weighted by molar-refractivity contribution is -0.118. The number of carbonyl (C=O) groups is 1. The lowest BCUT2D eigenvalue weighted by Gasteiger charge is -2.20. The second-order valence-corrected chi connectivity index (χ2v) is 3.18. The number of primary amides is 1. The van der Waals surface area contributed by atoms with Crippen molar-refractivity contribution in [1.82, 2.24) is 5.32 Å². The molecule has 0 saturated heterocycles. The molecule has 5 nitrogen and oxygen atoms in total. The summed E-state index contributed by atoms with van der Waals surface area (Å²) in [4.78, 5) is 10.6. The number of aliphatic hydroxyl groups excluding tert-OH is 1. The van der Waals surface area contributed by atoms with Crippen LogP contribution in [0.2, 0.25) is 0 Å². The molecule has 13 heavy (non-hydrogen) atoms. The summed E-state index contributed by atoms with van der Waals surface area (Å²) in [6, 6.07) is 0.0666. The maximum atomic E-state index is 10.6. The van der Waals surface area contributed by atoms with Crippen molar-refractivity contribution < 1.29 is 9.90 Å². The van der Waals surface area contributed by atoms with Gasteiger partial charge in [-0.2, -0.15) is 0 Å². The predicted octanol–water partition coefficient (Wildman–Crippen LogP) is -1.45. The van der Waals surface area contributed by atoms with Gasteiger partial charge in [-0.15, -0.1) is 0 Å². The molecular formula is C8H19N3O2. The van der Waals surface area contributed by atoms with Gasteiger partial charge in [0.05, 0.1) is 0 Å². The molecule has 0 saturated carbocycles. The Morgan fingerprint density at radius 1 is 1.62 bits per heavy atom. The number of carbonyl (C=O) groups excluding carboxylic acids is 1. The number of hydrogen-bond acceptors (Lipinski definition) is 4. The lowest BCUT2D eigenvalue weighted by Crippen LogP contribution is -2.44. The van der Waals surface area contributed by atoms with E-state index in [9.17, 15) is 4.79 Å². The molecular weight excluding hydrogens is 170 g/mol. The Kier molecular flexibility index (Phi) is 6.48. The SMILES string of the molecule is CC(CCO)NC(CN)CC(N)=O. The van der Waals surface area contributed by atoms with E-state index in [2.05, 4.69) is 5.32 Å². The highest BCUT2D eigenvalue weighted by Gasteiger charge is 2.12. The average molecular weight is 189 g/mol. The second kappa shape index (κ2) is 6.82. The first-order valence-electron chi connectivity index (χ1n) is 4.45. The molecule has 6 N–H and O–H groups in total. The van der Waals surface area contributed by atoms with Crippen molar-refractivity contribution in [3.63, 3.8) is 0 Å². The van der Waals surface area contributed by atoms with Crippen molar-refractivity contribution in [3.8, 4) is 0 Å². The number of rotatable bonds is 7. The van der Waals surface area contributed by atoms with Crippen LogP contribution in [0.1, 0.15) is 19.8 Å². The van der Waals surface area contributed by atoms with E-state index in [1.165, 1.54) is 0 Å². The van der Waals surface area contributed by atoms with Crippen molar-refractivity contribution in [2.24, 2.45) is 11.5 Å². The topological polar surface area (TPSA) is 101 Å². The number of hydrogen-bond donors (Lipinski definition) is 4. The molecule has 0 aliphatic carbocycles. The van der Waals surface area contributed by atoms with Crippen LogP contribution >= 0.6 is 0 Å². The van der Waals surface area contributed by atoms with Gasteiger partial charge in [0, 0.05) is 31.7 Å². The summed E-state index contributed by atoms with van der Waals surface area (Å²) in [5, 5.41) is 11.8. The minimum Gasteiger partial charge on any atom is -0.396 e. The van der Waals surface area contributed by atoms with Crippen molar-refractivity contribution in [1.29, 1.82) is 0 Å². The third kappa shape index (κ3) is 6.51. The Morgan fingerprint density at radius 3 is 2.62 bits per heavy atom. The molecule has 0 aromatic carbocycles. The fraction of sp³-hybridized carbons (Fsp3) is 0.875. The van der Waals surface area contributed by atoms with Crippen LogP contribution in [-0.4, -0.2) is 36.2 Å². The monoisotopic (exact) mass is 189 g/mol. The molecule has 0 heterocycles. The van der Waals surface area contributed by atoms with E-state index >= 15 is 0 Å². The Hall–Kier alpha value is -0.650. The highest BCUT2D eigenvalue weighted by atomic mass is 16.3. The molecule has 0 rings (SSSR count). The summed E-state index contributed by atoms with van der Waals surface area (Å²) in [7, 11) is 0. The van der Waals surface area contributed by atoms with Crippen LogP contribution in [0.15, 0.2) is 0 Å². The Balaban J connectivity index is 3.75. The molecule has 0 aliphatic rings. The van der Waals surface area contributed by atoms with Crippen LogP contribution in [0.3, 0.4) is 0 Å². The Morgan fingerprint density at radius 2 is 2.23 bits per heavy atom. The number of nitrogens with two attached hydrogens (primary N) is 2. The summed E-state index contributed by atoms with van der Waals surface area (Å²) in [5.74, 6) is -0.362. The van der Waals surface area contributed by atoms with E-state index in [0.717, 1.165) is 0 Å². The van der Waals surface area contributed by atoms with Gasteiger partial charge in [0.15, 0.2) is 0 Å². The van der Waals surface area contributed by atoms with E-state index in [0.29, 0.717) is 13.0 Å². The van der Waals surface area contributed by atoms with Crippen LogP contribution in [0, 0.1) is 0 Å². The van der Waals surface area contributed by atoms with Gasteiger partial charge in [0.25, 0.3) is 0 Å². The zero-order chi connectivity index (χ0) is 10.3. The number of nitrogens with one attached hydrogen (secondary N) is 1. The lowest BCUT2D eigenvalue weighted by atomic mass is 10.1. The minimum atomic E-state index is -0.362. The van der Waals surface area contributed by atoms with E-state index in [4.69, 9.17) is 16.6 Å². The maximum Gasteiger partial charge on any atom is 0.219 e. The van der Waals surface area contributed by atoms with Crippen molar-refractivity contribution >= 4 is 5.91 Å². The first-order chi connectivity index (χ1) is 6.10. The fourth-order valence-electron chi connectivity index (χ4n) is 1.13. The maximum absolute atomic E-state index is 10.6. The molecule has 2 unspecified atom stereocenters. The summed E-state index contributed by atoms with van der Waals surface area (Å²) in [6.45, 7) is 2.43.